The van der Waals surface area contributed by atoms with Gasteiger partial charge in [-0.25, -0.2) is 0 Å². The molecule has 0 bridgehead atoms. The quantitative estimate of drug-likeness (QED) is 0.760. The standard InChI is InChI=1S/C17H24N4O3/c1-4-10-21(12-17-19-15(5-2)20-24-17)11-16(22)18-13-8-6-7-9-14(13)23-3/h6-9H,4-5,10-12H2,1-3H3,(H,18,22). The largest absolute Gasteiger partial charge is 0.495 e. The maximum atomic E-state index is 12.3. The number of hydrogen-bond donors (Lipinski definition) is 1. The number of amides is 1. The van der Waals surface area contributed by atoms with Gasteiger partial charge in [0.2, 0.25) is 11.8 Å². The summed E-state index contributed by atoms with van der Waals surface area (Å²) in [5.74, 6) is 1.74. The highest BCUT2D eigenvalue weighted by Gasteiger charge is 2.15. The maximum Gasteiger partial charge on any atom is 0.240 e. The number of aromatic nitrogens is 2. The van der Waals surface area contributed by atoms with E-state index in [2.05, 4.69) is 22.4 Å². The molecule has 0 saturated heterocycles. The highest BCUT2D eigenvalue weighted by Crippen LogP contribution is 2.22. The summed E-state index contributed by atoms with van der Waals surface area (Å²) in [6.45, 7) is 5.51. The third kappa shape index (κ3) is 5.06. The molecule has 2 aromatic rings. The molecule has 0 unspecified atom stereocenters. The molecule has 130 valence electrons. The molecule has 24 heavy (non-hydrogen) atoms. The van der Waals surface area contributed by atoms with Gasteiger partial charge in [0.1, 0.15) is 5.75 Å². The van der Waals surface area contributed by atoms with Crippen LogP contribution in [0.4, 0.5) is 5.69 Å². The van der Waals surface area contributed by atoms with Gasteiger partial charge in [-0.15, -0.1) is 0 Å². The normalized spacial score (nSPS) is 10.8. The van der Waals surface area contributed by atoms with Crippen LogP contribution in [0.25, 0.3) is 0 Å². The predicted octanol–water partition coefficient (Wildman–Crippen LogP) is 2.49. The number of rotatable bonds is 9. The average molecular weight is 332 g/mol. The third-order valence-corrected chi connectivity index (χ3v) is 3.47. The van der Waals surface area contributed by atoms with E-state index in [9.17, 15) is 4.79 Å². The Kier molecular flexibility index (Phi) is 6.74. The average Bonchev–Trinajstić information content (AvgIpc) is 3.03. The van der Waals surface area contributed by atoms with Crippen LogP contribution in [0.3, 0.4) is 0 Å². The van der Waals surface area contributed by atoms with Crippen molar-refractivity contribution in [2.24, 2.45) is 0 Å². The molecular weight excluding hydrogens is 308 g/mol. The molecule has 2 rings (SSSR count). The SMILES string of the molecule is CCCN(CC(=O)Nc1ccccc1OC)Cc1nc(CC)no1. The monoisotopic (exact) mass is 332 g/mol. The van der Waals surface area contributed by atoms with Crippen molar-refractivity contribution in [1.82, 2.24) is 15.0 Å². The number of nitrogens with one attached hydrogen (secondary N) is 1. The Balaban J connectivity index is 1.97. The summed E-state index contributed by atoms with van der Waals surface area (Å²) in [5.41, 5.74) is 0.660. The van der Waals surface area contributed by atoms with Crippen molar-refractivity contribution in [3.05, 3.63) is 36.0 Å². The Hall–Kier alpha value is -2.41. The topological polar surface area (TPSA) is 80.5 Å². The molecule has 1 aromatic carbocycles. The van der Waals surface area contributed by atoms with Crippen LogP contribution in [0.2, 0.25) is 0 Å². The van der Waals surface area contributed by atoms with Crippen molar-refractivity contribution in [3.8, 4) is 5.75 Å². The molecule has 0 fully saturated rings. The summed E-state index contributed by atoms with van der Waals surface area (Å²) in [7, 11) is 1.58. The fourth-order valence-electron chi connectivity index (χ4n) is 2.36. The zero-order valence-electron chi connectivity index (χ0n) is 14.4. The lowest BCUT2D eigenvalue weighted by molar-refractivity contribution is -0.117. The van der Waals surface area contributed by atoms with Gasteiger partial charge in [-0.2, -0.15) is 4.98 Å². The van der Waals surface area contributed by atoms with Gasteiger partial charge in [0.15, 0.2) is 5.82 Å². The minimum Gasteiger partial charge on any atom is -0.495 e. The first kappa shape index (κ1) is 17.9. The number of nitrogens with zero attached hydrogens (tertiary/aromatic N) is 3. The molecule has 1 N–H and O–H groups in total. The van der Waals surface area contributed by atoms with E-state index < -0.39 is 0 Å². The zero-order valence-corrected chi connectivity index (χ0v) is 14.4. The Morgan fingerprint density at radius 2 is 2.12 bits per heavy atom. The fraction of sp³-hybridized carbons (Fsp3) is 0.471. The highest BCUT2D eigenvalue weighted by atomic mass is 16.5. The molecule has 0 aliphatic heterocycles. The minimum atomic E-state index is -0.108. The molecule has 7 nitrogen and oxygen atoms in total. The summed E-state index contributed by atoms with van der Waals surface area (Å²) in [4.78, 5) is 18.6. The van der Waals surface area contributed by atoms with E-state index in [1.165, 1.54) is 0 Å². The number of ether oxygens (including phenoxy) is 1. The Labute approximate surface area is 142 Å². The van der Waals surface area contributed by atoms with Crippen LogP contribution in [0, 0.1) is 0 Å². The molecular formula is C17H24N4O3. The van der Waals surface area contributed by atoms with Crippen LogP contribution in [-0.2, 0) is 17.8 Å². The Morgan fingerprint density at radius 3 is 2.79 bits per heavy atom. The van der Waals surface area contributed by atoms with Crippen LogP contribution in [0.15, 0.2) is 28.8 Å². The van der Waals surface area contributed by atoms with Crippen LogP contribution < -0.4 is 10.1 Å². The molecule has 7 heteroatoms. The first-order valence-corrected chi connectivity index (χ1v) is 8.12. The van der Waals surface area contributed by atoms with E-state index in [0.717, 1.165) is 19.4 Å². The summed E-state index contributed by atoms with van der Waals surface area (Å²) in [6, 6.07) is 7.34. The lowest BCUT2D eigenvalue weighted by Gasteiger charge is -2.19. The summed E-state index contributed by atoms with van der Waals surface area (Å²) in [6.07, 6.45) is 1.66. The van der Waals surface area contributed by atoms with E-state index in [-0.39, 0.29) is 12.5 Å². The van der Waals surface area contributed by atoms with Crippen molar-refractivity contribution >= 4 is 11.6 Å². The molecule has 0 atom stereocenters. The second-order valence-corrected chi connectivity index (χ2v) is 5.42. The van der Waals surface area contributed by atoms with Crippen molar-refractivity contribution in [2.45, 2.75) is 33.2 Å². The lowest BCUT2D eigenvalue weighted by Crippen LogP contribution is -2.33. The van der Waals surface area contributed by atoms with E-state index >= 15 is 0 Å². The molecule has 1 aromatic heterocycles. The van der Waals surface area contributed by atoms with E-state index in [0.29, 0.717) is 29.7 Å². The molecule has 0 aliphatic carbocycles. The number of carbonyl (C=O) groups excluding carboxylic acids is 1. The van der Waals surface area contributed by atoms with E-state index in [1.54, 1.807) is 7.11 Å². The van der Waals surface area contributed by atoms with Crippen LogP contribution >= 0.6 is 0 Å². The number of hydrogen-bond acceptors (Lipinski definition) is 6. The van der Waals surface area contributed by atoms with Crippen molar-refractivity contribution in [2.75, 3.05) is 25.5 Å². The molecule has 1 amide bonds. The van der Waals surface area contributed by atoms with Gasteiger partial charge in [-0.05, 0) is 25.1 Å². The number of aryl methyl sites for hydroxylation is 1. The number of carbonyl (C=O) groups is 1. The highest BCUT2D eigenvalue weighted by molar-refractivity contribution is 5.93. The summed E-state index contributed by atoms with van der Waals surface area (Å²) in [5, 5.41) is 6.77. The number of methoxy groups -OCH3 is 1. The summed E-state index contributed by atoms with van der Waals surface area (Å²) < 4.78 is 10.5. The van der Waals surface area contributed by atoms with E-state index in [1.807, 2.05) is 36.1 Å². The van der Waals surface area contributed by atoms with Gasteiger partial charge in [0.05, 0.1) is 25.9 Å². The first-order chi connectivity index (χ1) is 11.7. The van der Waals surface area contributed by atoms with Gasteiger partial charge in [0, 0.05) is 6.42 Å². The Bertz CT molecular complexity index is 657. The van der Waals surface area contributed by atoms with Crippen LogP contribution in [0.1, 0.15) is 32.0 Å². The lowest BCUT2D eigenvalue weighted by atomic mass is 10.3. The molecule has 1 heterocycles. The second-order valence-electron chi connectivity index (χ2n) is 5.42. The van der Waals surface area contributed by atoms with E-state index in [4.69, 9.17) is 9.26 Å². The third-order valence-electron chi connectivity index (χ3n) is 3.47. The molecule has 0 aliphatic rings. The van der Waals surface area contributed by atoms with Crippen molar-refractivity contribution in [3.63, 3.8) is 0 Å². The van der Waals surface area contributed by atoms with Gasteiger partial charge in [0.25, 0.3) is 0 Å². The number of anilines is 1. The molecule has 0 spiro atoms. The molecule has 0 radical (unpaired) electrons. The smallest absolute Gasteiger partial charge is 0.240 e. The van der Waals surface area contributed by atoms with Gasteiger partial charge in [-0.3, -0.25) is 9.69 Å². The van der Waals surface area contributed by atoms with Gasteiger partial charge in [-0.1, -0.05) is 31.1 Å². The number of benzene rings is 1. The number of para-hydroxylation sites is 2. The van der Waals surface area contributed by atoms with Crippen molar-refractivity contribution < 1.29 is 14.1 Å². The van der Waals surface area contributed by atoms with Gasteiger partial charge >= 0.3 is 0 Å². The fourth-order valence-corrected chi connectivity index (χ4v) is 2.36. The molecule has 0 saturated carbocycles. The zero-order chi connectivity index (χ0) is 17.4. The maximum absolute atomic E-state index is 12.3. The Morgan fingerprint density at radius 1 is 1.33 bits per heavy atom. The predicted molar refractivity (Wildman–Crippen MR) is 90.9 cm³/mol. The first-order valence-electron chi connectivity index (χ1n) is 8.12. The van der Waals surface area contributed by atoms with Crippen LogP contribution in [0.5, 0.6) is 5.75 Å². The van der Waals surface area contributed by atoms with Crippen LogP contribution in [-0.4, -0.2) is 41.1 Å². The van der Waals surface area contributed by atoms with Crippen molar-refractivity contribution in [1.29, 1.82) is 0 Å². The minimum absolute atomic E-state index is 0.108. The van der Waals surface area contributed by atoms with Gasteiger partial charge < -0.3 is 14.6 Å². The second kappa shape index (κ2) is 9.02. The summed E-state index contributed by atoms with van der Waals surface area (Å²) >= 11 is 0.